The van der Waals surface area contributed by atoms with E-state index in [4.69, 9.17) is 14.7 Å². The second-order valence-electron chi connectivity index (χ2n) is 5.22. The molecule has 1 aliphatic rings. The monoisotopic (exact) mass is 314 g/mol. The van der Waals surface area contributed by atoms with Gasteiger partial charge in [0.05, 0.1) is 12.9 Å². The molecule has 22 heavy (non-hydrogen) atoms. The highest BCUT2D eigenvalue weighted by Crippen LogP contribution is 2.31. The second-order valence-corrected chi connectivity index (χ2v) is 6.18. The van der Waals surface area contributed by atoms with Crippen molar-refractivity contribution in [2.45, 2.75) is 30.7 Å². The maximum absolute atomic E-state index is 11.4. The molecular weight excluding hydrogens is 296 g/mol. The summed E-state index contributed by atoms with van der Waals surface area (Å²) in [4.78, 5) is 20.9. The number of benzene rings is 1. The number of carbonyl (C=O) groups is 1. The molecule has 0 radical (unpaired) electrons. The van der Waals surface area contributed by atoms with Crippen LogP contribution in [-0.2, 0) is 22.4 Å². The van der Waals surface area contributed by atoms with Crippen LogP contribution in [0.2, 0.25) is 0 Å². The number of hydrogen-bond acceptors (Lipinski definition) is 5. The summed E-state index contributed by atoms with van der Waals surface area (Å²) in [6, 6.07) is 9.98. The van der Waals surface area contributed by atoms with Crippen molar-refractivity contribution < 1.29 is 9.53 Å². The molecule has 0 N–H and O–H groups in total. The molecule has 0 amide bonds. The zero-order chi connectivity index (χ0) is 15.4. The highest BCUT2D eigenvalue weighted by atomic mass is 32.2. The van der Waals surface area contributed by atoms with Crippen molar-refractivity contribution in [3.63, 3.8) is 0 Å². The molecule has 4 nitrogen and oxygen atoms in total. The average Bonchev–Trinajstić information content (AvgIpc) is 2.59. The topological polar surface area (TPSA) is 52.1 Å². The molecule has 1 aliphatic carbocycles. The fourth-order valence-corrected chi connectivity index (χ4v) is 3.50. The molecule has 0 saturated heterocycles. The third kappa shape index (κ3) is 3.30. The lowest BCUT2D eigenvalue weighted by atomic mass is 9.97. The van der Waals surface area contributed by atoms with Crippen LogP contribution in [0.5, 0.6) is 0 Å². The normalized spacial score (nSPS) is 13.5. The zero-order valence-corrected chi connectivity index (χ0v) is 13.4. The van der Waals surface area contributed by atoms with Gasteiger partial charge in [-0.25, -0.2) is 9.97 Å². The molecule has 0 saturated carbocycles. The smallest absolute Gasteiger partial charge is 0.316 e. The summed E-state index contributed by atoms with van der Waals surface area (Å²) < 4.78 is 4.73. The van der Waals surface area contributed by atoms with E-state index in [1.54, 1.807) is 0 Å². The summed E-state index contributed by atoms with van der Waals surface area (Å²) in [5.41, 5.74) is 3.35. The molecule has 1 aromatic heterocycles. The first-order valence-corrected chi connectivity index (χ1v) is 8.41. The Labute approximate surface area is 134 Å². The van der Waals surface area contributed by atoms with Crippen molar-refractivity contribution in [1.82, 2.24) is 9.97 Å². The van der Waals surface area contributed by atoms with Gasteiger partial charge in [-0.2, -0.15) is 0 Å². The molecule has 3 rings (SSSR count). The van der Waals surface area contributed by atoms with Crippen LogP contribution in [0.1, 0.15) is 24.1 Å². The third-order valence-electron chi connectivity index (χ3n) is 3.73. The van der Waals surface area contributed by atoms with Crippen molar-refractivity contribution in [1.29, 1.82) is 0 Å². The van der Waals surface area contributed by atoms with E-state index in [2.05, 4.69) is 0 Å². The lowest BCUT2D eigenvalue weighted by Gasteiger charge is -2.18. The fraction of sp³-hybridized carbons (Fsp3) is 0.353. The number of aryl methyl sites for hydroxylation is 1. The van der Waals surface area contributed by atoms with E-state index in [1.165, 1.54) is 30.9 Å². The average molecular weight is 314 g/mol. The van der Waals surface area contributed by atoms with E-state index in [0.29, 0.717) is 0 Å². The number of carbonyl (C=O) groups excluding carboxylic acids is 1. The number of nitrogens with zero attached hydrogens (tertiary/aromatic N) is 2. The summed E-state index contributed by atoms with van der Waals surface area (Å²) in [7, 11) is 1.41. The molecule has 0 fully saturated rings. The molecular formula is C17H18N2O2S. The molecule has 0 bridgehead atoms. The SMILES string of the molecule is COC(=O)CSc1nc(-c2ccccc2)nc2c1CCCC2. The van der Waals surface area contributed by atoms with E-state index in [9.17, 15) is 4.79 Å². The molecule has 5 heteroatoms. The van der Waals surface area contributed by atoms with Crippen LogP contribution < -0.4 is 0 Å². The van der Waals surface area contributed by atoms with E-state index in [1.807, 2.05) is 30.3 Å². The summed E-state index contributed by atoms with van der Waals surface area (Å²) in [6.07, 6.45) is 4.31. The number of esters is 1. The van der Waals surface area contributed by atoms with E-state index in [-0.39, 0.29) is 11.7 Å². The zero-order valence-electron chi connectivity index (χ0n) is 12.5. The molecule has 0 atom stereocenters. The lowest BCUT2D eigenvalue weighted by molar-refractivity contribution is -0.137. The predicted molar refractivity (Wildman–Crippen MR) is 86.9 cm³/mol. The first-order chi connectivity index (χ1) is 10.8. The first-order valence-electron chi connectivity index (χ1n) is 7.43. The van der Waals surface area contributed by atoms with Crippen LogP contribution >= 0.6 is 11.8 Å². The summed E-state index contributed by atoms with van der Waals surface area (Å²) in [5, 5.41) is 0.925. The van der Waals surface area contributed by atoms with Gasteiger partial charge in [0.2, 0.25) is 0 Å². The van der Waals surface area contributed by atoms with Crippen molar-refractivity contribution in [2.75, 3.05) is 12.9 Å². The molecule has 2 aromatic rings. The molecule has 1 heterocycles. The Kier molecular flexibility index (Phi) is 4.73. The third-order valence-corrected chi connectivity index (χ3v) is 4.72. The Morgan fingerprint density at radius 2 is 1.95 bits per heavy atom. The summed E-state index contributed by atoms with van der Waals surface area (Å²) >= 11 is 1.45. The number of hydrogen-bond donors (Lipinski definition) is 0. The van der Waals surface area contributed by atoms with Gasteiger partial charge in [0.15, 0.2) is 5.82 Å². The number of methoxy groups -OCH3 is 1. The largest absolute Gasteiger partial charge is 0.468 e. The Bertz CT molecular complexity index is 674. The molecule has 0 unspecified atom stereocenters. The minimum Gasteiger partial charge on any atom is -0.468 e. The van der Waals surface area contributed by atoms with E-state index >= 15 is 0 Å². The minimum atomic E-state index is -0.227. The second kappa shape index (κ2) is 6.92. The van der Waals surface area contributed by atoms with Crippen molar-refractivity contribution in [3.05, 3.63) is 41.6 Å². The number of ether oxygens (including phenoxy) is 1. The molecule has 114 valence electrons. The van der Waals surface area contributed by atoms with Crippen LogP contribution in [0, 0.1) is 0 Å². The Morgan fingerprint density at radius 3 is 2.73 bits per heavy atom. The van der Waals surface area contributed by atoms with Gasteiger partial charge in [-0.15, -0.1) is 0 Å². The Morgan fingerprint density at radius 1 is 1.18 bits per heavy atom. The minimum absolute atomic E-state index is 0.227. The fourth-order valence-electron chi connectivity index (χ4n) is 2.58. The van der Waals surface area contributed by atoms with Crippen LogP contribution in [-0.4, -0.2) is 28.8 Å². The summed E-state index contributed by atoms with van der Waals surface area (Å²) in [5.74, 6) is 0.803. The van der Waals surface area contributed by atoms with E-state index in [0.717, 1.165) is 41.4 Å². The van der Waals surface area contributed by atoms with Crippen molar-refractivity contribution in [2.24, 2.45) is 0 Å². The highest BCUT2D eigenvalue weighted by Gasteiger charge is 2.19. The highest BCUT2D eigenvalue weighted by molar-refractivity contribution is 7.99. The number of rotatable bonds is 4. The predicted octanol–water partition coefficient (Wildman–Crippen LogP) is 3.29. The van der Waals surface area contributed by atoms with Crippen LogP contribution in [0.25, 0.3) is 11.4 Å². The first kappa shape index (κ1) is 15.0. The maximum atomic E-state index is 11.4. The van der Waals surface area contributed by atoms with Gasteiger partial charge in [-0.1, -0.05) is 42.1 Å². The molecule has 1 aromatic carbocycles. The van der Waals surface area contributed by atoms with Crippen molar-refractivity contribution >= 4 is 17.7 Å². The number of thioether (sulfide) groups is 1. The van der Waals surface area contributed by atoms with Gasteiger partial charge in [-0.3, -0.25) is 4.79 Å². The van der Waals surface area contributed by atoms with Crippen LogP contribution in [0.15, 0.2) is 35.4 Å². The van der Waals surface area contributed by atoms with Crippen LogP contribution in [0.4, 0.5) is 0 Å². The van der Waals surface area contributed by atoms with Gasteiger partial charge in [0, 0.05) is 16.8 Å². The number of fused-ring (bicyclic) bond motifs is 1. The molecule has 0 spiro atoms. The quantitative estimate of drug-likeness (QED) is 0.492. The van der Waals surface area contributed by atoms with Gasteiger partial charge in [0.1, 0.15) is 5.03 Å². The maximum Gasteiger partial charge on any atom is 0.316 e. The van der Waals surface area contributed by atoms with E-state index < -0.39 is 0 Å². The van der Waals surface area contributed by atoms with Crippen molar-refractivity contribution in [3.8, 4) is 11.4 Å². The van der Waals surface area contributed by atoms with Gasteiger partial charge >= 0.3 is 5.97 Å². The number of aromatic nitrogens is 2. The van der Waals surface area contributed by atoms with Gasteiger partial charge < -0.3 is 4.74 Å². The standard InChI is InChI=1S/C17H18N2O2S/c1-21-15(20)11-22-17-13-9-5-6-10-14(13)18-16(19-17)12-7-3-2-4-8-12/h2-4,7-8H,5-6,9-11H2,1H3. The summed E-state index contributed by atoms with van der Waals surface area (Å²) in [6.45, 7) is 0. The Hall–Kier alpha value is -1.88. The van der Waals surface area contributed by atoms with Crippen LogP contribution in [0.3, 0.4) is 0 Å². The molecule has 0 aliphatic heterocycles. The Balaban J connectivity index is 1.97. The van der Waals surface area contributed by atoms with Gasteiger partial charge in [0.25, 0.3) is 0 Å². The lowest BCUT2D eigenvalue weighted by Crippen LogP contribution is -2.11. The van der Waals surface area contributed by atoms with Gasteiger partial charge in [-0.05, 0) is 25.7 Å².